The van der Waals surface area contributed by atoms with Gasteiger partial charge in [-0.1, -0.05) is 12.1 Å². The van der Waals surface area contributed by atoms with E-state index in [0.29, 0.717) is 35.8 Å². The number of carbonyl (C=O) groups excluding carboxylic acids is 2. The molecule has 3 heterocycles. The van der Waals surface area contributed by atoms with Gasteiger partial charge in [0.1, 0.15) is 19.0 Å². The van der Waals surface area contributed by atoms with Crippen molar-refractivity contribution in [1.29, 1.82) is 0 Å². The van der Waals surface area contributed by atoms with E-state index in [2.05, 4.69) is 0 Å². The zero-order valence-corrected chi connectivity index (χ0v) is 19.0. The molecule has 0 saturated carbocycles. The van der Waals surface area contributed by atoms with Crippen molar-refractivity contribution in [3.05, 3.63) is 75.5 Å². The maximum Gasteiger partial charge on any atom is 0.295 e. The molecule has 0 aliphatic carbocycles. The number of carbonyl (C=O) groups is 2. The third kappa shape index (κ3) is 3.73. The van der Waals surface area contributed by atoms with Crippen molar-refractivity contribution in [1.82, 2.24) is 4.90 Å². The van der Waals surface area contributed by atoms with Gasteiger partial charge in [0, 0.05) is 10.4 Å². The standard InChI is InChI=1S/C25H21NO7S/c1-31-19-11-14(4-6-17(19)27)22-21(24(29)25(30)26(22)13-16-3-2-10-34-16)23(28)15-5-7-18-20(12-15)33-9-8-32-18/h2-7,10-12,22,27-28H,8-9,13H2,1H3/b23-21+. The van der Waals surface area contributed by atoms with E-state index >= 15 is 0 Å². The lowest BCUT2D eigenvalue weighted by molar-refractivity contribution is -0.140. The number of phenolic OH excluding ortho intramolecular Hbond substituents is 1. The molecule has 9 heteroatoms. The van der Waals surface area contributed by atoms with Crippen molar-refractivity contribution in [2.75, 3.05) is 20.3 Å². The summed E-state index contributed by atoms with van der Waals surface area (Å²) in [5, 5.41) is 23.2. The molecule has 1 unspecified atom stereocenters. The highest BCUT2D eigenvalue weighted by Crippen LogP contribution is 2.43. The Bertz CT molecular complexity index is 1300. The Labute approximate surface area is 199 Å². The van der Waals surface area contributed by atoms with Crippen molar-refractivity contribution < 1.29 is 34.0 Å². The van der Waals surface area contributed by atoms with Crippen LogP contribution in [0.25, 0.3) is 5.76 Å². The highest BCUT2D eigenvalue weighted by Gasteiger charge is 2.46. The summed E-state index contributed by atoms with van der Waals surface area (Å²) in [4.78, 5) is 28.6. The number of nitrogens with zero attached hydrogens (tertiary/aromatic N) is 1. The molecule has 2 N–H and O–H groups in total. The van der Waals surface area contributed by atoms with Crippen LogP contribution in [0.1, 0.15) is 22.0 Å². The van der Waals surface area contributed by atoms with Gasteiger partial charge in [-0.25, -0.2) is 0 Å². The molecule has 1 fully saturated rings. The normalized spacial score (nSPS) is 18.9. The SMILES string of the molecule is COc1cc(C2/C(=C(\O)c3ccc4c(c3)OCCO4)C(=O)C(=O)N2Cc2cccs2)ccc1O. The average Bonchev–Trinajstić information content (AvgIpc) is 3.46. The van der Waals surface area contributed by atoms with Gasteiger partial charge in [-0.05, 0) is 47.3 Å². The summed E-state index contributed by atoms with van der Waals surface area (Å²) in [5.74, 6) is -0.717. The molecule has 174 valence electrons. The minimum atomic E-state index is -0.884. The number of fused-ring (bicyclic) bond motifs is 1. The van der Waals surface area contributed by atoms with Gasteiger partial charge >= 0.3 is 0 Å². The summed E-state index contributed by atoms with van der Waals surface area (Å²) in [6.07, 6.45) is 0. The molecule has 2 aliphatic rings. The lowest BCUT2D eigenvalue weighted by Crippen LogP contribution is -2.28. The molecule has 1 aromatic heterocycles. The molecular formula is C25H21NO7S. The summed E-state index contributed by atoms with van der Waals surface area (Å²) in [5.41, 5.74) is 0.796. The van der Waals surface area contributed by atoms with E-state index in [1.165, 1.54) is 29.4 Å². The summed E-state index contributed by atoms with van der Waals surface area (Å²) in [6.45, 7) is 0.985. The smallest absolute Gasteiger partial charge is 0.295 e. The zero-order valence-electron chi connectivity index (χ0n) is 18.2. The predicted octanol–water partition coefficient (Wildman–Crippen LogP) is 3.86. The number of amides is 1. The van der Waals surface area contributed by atoms with E-state index in [9.17, 15) is 19.8 Å². The number of hydrogen-bond acceptors (Lipinski definition) is 8. The van der Waals surface area contributed by atoms with Crippen LogP contribution in [0.2, 0.25) is 0 Å². The van der Waals surface area contributed by atoms with Gasteiger partial charge in [0.2, 0.25) is 0 Å². The van der Waals surface area contributed by atoms with E-state index < -0.39 is 17.7 Å². The minimum absolute atomic E-state index is 0.0500. The molecule has 1 saturated heterocycles. The van der Waals surface area contributed by atoms with Gasteiger partial charge in [-0.15, -0.1) is 11.3 Å². The number of thiophene rings is 1. The number of benzene rings is 2. The van der Waals surface area contributed by atoms with Crippen LogP contribution in [0, 0.1) is 0 Å². The monoisotopic (exact) mass is 479 g/mol. The minimum Gasteiger partial charge on any atom is -0.507 e. The number of aromatic hydroxyl groups is 1. The van der Waals surface area contributed by atoms with Crippen LogP contribution in [0.4, 0.5) is 0 Å². The molecule has 5 rings (SSSR count). The number of methoxy groups -OCH3 is 1. The Morgan fingerprint density at radius 2 is 1.91 bits per heavy atom. The fourth-order valence-electron chi connectivity index (χ4n) is 4.17. The number of likely N-dealkylation sites (tertiary alicyclic amines) is 1. The maximum atomic E-state index is 13.2. The van der Waals surface area contributed by atoms with Gasteiger partial charge in [-0.2, -0.15) is 0 Å². The van der Waals surface area contributed by atoms with Crippen molar-refractivity contribution in [2.24, 2.45) is 0 Å². The molecular weight excluding hydrogens is 458 g/mol. The van der Waals surface area contributed by atoms with Crippen LogP contribution in [-0.4, -0.2) is 47.1 Å². The molecule has 0 bridgehead atoms. The molecule has 8 nitrogen and oxygen atoms in total. The summed E-state index contributed by atoms with van der Waals surface area (Å²) in [6, 6.07) is 12.3. The van der Waals surface area contributed by atoms with E-state index in [4.69, 9.17) is 14.2 Å². The topological polar surface area (TPSA) is 106 Å². The number of aliphatic hydroxyl groups is 1. The second-order valence-electron chi connectivity index (χ2n) is 7.80. The highest BCUT2D eigenvalue weighted by atomic mass is 32.1. The number of ketones is 1. The van der Waals surface area contributed by atoms with E-state index in [1.807, 2.05) is 17.5 Å². The van der Waals surface area contributed by atoms with Crippen LogP contribution in [0.15, 0.2) is 59.5 Å². The van der Waals surface area contributed by atoms with Crippen molar-refractivity contribution in [2.45, 2.75) is 12.6 Å². The lowest BCUT2D eigenvalue weighted by Gasteiger charge is -2.25. The number of aliphatic hydroxyl groups excluding tert-OH is 1. The number of phenols is 1. The van der Waals surface area contributed by atoms with Crippen LogP contribution in [-0.2, 0) is 16.1 Å². The number of Topliss-reactive ketones (excluding diaryl/α,β-unsaturated/α-hetero) is 1. The quantitative estimate of drug-likeness (QED) is 0.325. The van der Waals surface area contributed by atoms with Crippen LogP contribution in [0.5, 0.6) is 23.0 Å². The largest absolute Gasteiger partial charge is 0.507 e. The summed E-state index contributed by atoms with van der Waals surface area (Å²) >= 11 is 1.46. The highest BCUT2D eigenvalue weighted by molar-refractivity contribution is 7.09. The van der Waals surface area contributed by atoms with Gasteiger partial charge in [-0.3, -0.25) is 9.59 Å². The molecule has 2 aromatic carbocycles. The number of rotatable bonds is 5. The van der Waals surface area contributed by atoms with Crippen LogP contribution in [0.3, 0.4) is 0 Å². The fraction of sp³-hybridized carbons (Fsp3) is 0.200. The Balaban J connectivity index is 1.66. The third-order valence-corrected chi connectivity index (χ3v) is 6.64. The first kappa shape index (κ1) is 21.8. The molecule has 2 aliphatic heterocycles. The summed E-state index contributed by atoms with van der Waals surface area (Å²) < 4.78 is 16.4. The van der Waals surface area contributed by atoms with Crippen LogP contribution >= 0.6 is 11.3 Å². The third-order valence-electron chi connectivity index (χ3n) is 5.78. The zero-order chi connectivity index (χ0) is 23.8. The first-order valence-electron chi connectivity index (χ1n) is 10.6. The average molecular weight is 480 g/mol. The molecule has 0 spiro atoms. The van der Waals surface area contributed by atoms with Crippen LogP contribution < -0.4 is 14.2 Å². The molecule has 3 aromatic rings. The number of hydrogen-bond donors (Lipinski definition) is 2. The van der Waals surface area contributed by atoms with E-state index in [0.717, 1.165) is 4.88 Å². The van der Waals surface area contributed by atoms with Gasteiger partial charge in [0.25, 0.3) is 11.7 Å². The molecule has 0 radical (unpaired) electrons. The fourth-order valence-corrected chi connectivity index (χ4v) is 4.87. The second-order valence-corrected chi connectivity index (χ2v) is 8.83. The number of ether oxygens (including phenoxy) is 3. The lowest BCUT2D eigenvalue weighted by atomic mass is 9.94. The Morgan fingerprint density at radius 3 is 2.65 bits per heavy atom. The molecule has 1 atom stereocenters. The Hall–Kier alpha value is -3.98. The van der Waals surface area contributed by atoms with Crippen molar-refractivity contribution in [3.63, 3.8) is 0 Å². The molecule has 34 heavy (non-hydrogen) atoms. The van der Waals surface area contributed by atoms with Gasteiger partial charge in [0.05, 0.1) is 25.3 Å². The maximum absolute atomic E-state index is 13.2. The molecule has 1 amide bonds. The first-order chi connectivity index (χ1) is 16.5. The predicted molar refractivity (Wildman–Crippen MR) is 124 cm³/mol. The van der Waals surface area contributed by atoms with E-state index in [1.54, 1.807) is 30.3 Å². The van der Waals surface area contributed by atoms with E-state index in [-0.39, 0.29) is 29.4 Å². The summed E-state index contributed by atoms with van der Waals surface area (Å²) in [7, 11) is 1.41. The second kappa shape index (κ2) is 8.75. The Kier molecular flexibility index (Phi) is 5.62. The Morgan fingerprint density at radius 1 is 1.12 bits per heavy atom. The van der Waals surface area contributed by atoms with Crippen molar-refractivity contribution in [3.8, 4) is 23.0 Å². The van der Waals surface area contributed by atoms with Gasteiger partial charge in [0.15, 0.2) is 23.0 Å². The van der Waals surface area contributed by atoms with Gasteiger partial charge < -0.3 is 29.3 Å². The first-order valence-corrected chi connectivity index (χ1v) is 11.4. The van der Waals surface area contributed by atoms with Crippen molar-refractivity contribution >= 4 is 28.8 Å².